The Morgan fingerprint density at radius 1 is 0.739 bits per heavy atom. The first-order valence-corrected chi connectivity index (χ1v) is 8.12. The normalized spacial score (nSPS) is 24.4. The number of ether oxygens (including phenoxy) is 7. The van der Waals surface area contributed by atoms with Gasteiger partial charge in [-0.05, 0) is 0 Å². The summed E-state index contributed by atoms with van der Waals surface area (Å²) in [6.07, 6.45) is 1.58. The summed E-state index contributed by atoms with van der Waals surface area (Å²) in [5, 5.41) is 0. The molecule has 136 valence electrons. The molecule has 0 aromatic rings. The van der Waals surface area contributed by atoms with Crippen molar-refractivity contribution in [2.75, 3.05) is 85.9 Å². The Morgan fingerprint density at radius 2 is 1.22 bits per heavy atom. The van der Waals surface area contributed by atoms with Crippen LogP contribution in [0.1, 0.15) is 0 Å². The van der Waals surface area contributed by atoms with Gasteiger partial charge in [-0.25, -0.2) is 0 Å². The molecule has 0 radical (unpaired) electrons. The van der Waals surface area contributed by atoms with E-state index in [1.54, 1.807) is 6.08 Å². The van der Waals surface area contributed by atoms with Crippen LogP contribution in [0.15, 0.2) is 12.7 Å². The van der Waals surface area contributed by atoms with Crippen LogP contribution in [-0.4, -0.2) is 92.0 Å². The van der Waals surface area contributed by atoms with E-state index in [1.807, 2.05) is 0 Å². The number of hydrogen-bond donors (Lipinski definition) is 0. The van der Waals surface area contributed by atoms with Crippen molar-refractivity contribution in [3.63, 3.8) is 0 Å². The summed E-state index contributed by atoms with van der Waals surface area (Å²) in [7, 11) is 0. The topological polar surface area (TPSA) is 64.6 Å². The van der Waals surface area contributed by atoms with E-state index >= 15 is 0 Å². The summed E-state index contributed by atoms with van der Waals surface area (Å²) >= 11 is 0. The molecule has 0 bridgehead atoms. The molecule has 1 rings (SSSR count). The van der Waals surface area contributed by atoms with E-state index in [9.17, 15) is 0 Å². The summed E-state index contributed by atoms with van der Waals surface area (Å²) < 4.78 is 38.3. The molecule has 1 aliphatic heterocycles. The maximum atomic E-state index is 5.72. The lowest BCUT2D eigenvalue weighted by molar-refractivity contribution is -0.0820. The molecule has 0 aromatic carbocycles. The van der Waals surface area contributed by atoms with Crippen LogP contribution in [0.4, 0.5) is 0 Å². The molecule has 1 heterocycles. The largest absolute Gasteiger partial charge is 0.377 e. The third-order valence-corrected chi connectivity index (χ3v) is 2.91. The van der Waals surface area contributed by atoms with Crippen LogP contribution in [-0.2, 0) is 33.2 Å². The molecule has 1 unspecified atom stereocenters. The molecule has 0 spiro atoms. The monoisotopic (exact) mass is 334 g/mol. The number of rotatable bonds is 4. The molecule has 1 aliphatic rings. The lowest BCUT2D eigenvalue weighted by Crippen LogP contribution is -2.28. The Bertz CT molecular complexity index is 245. The maximum Gasteiger partial charge on any atom is 0.104 e. The molecule has 0 amide bonds. The third kappa shape index (κ3) is 13.6. The van der Waals surface area contributed by atoms with Gasteiger partial charge in [0.1, 0.15) is 6.10 Å². The predicted molar refractivity (Wildman–Crippen MR) is 84.9 cm³/mol. The minimum Gasteiger partial charge on any atom is -0.377 e. The molecule has 1 atom stereocenters. The minimum atomic E-state index is -0.128. The quantitative estimate of drug-likeness (QED) is 0.553. The summed E-state index contributed by atoms with van der Waals surface area (Å²) in [6.45, 7) is 10.4. The van der Waals surface area contributed by atoms with Gasteiger partial charge < -0.3 is 33.2 Å². The van der Waals surface area contributed by atoms with Gasteiger partial charge in [0.2, 0.25) is 0 Å². The summed E-state index contributed by atoms with van der Waals surface area (Å²) in [4.78, 5) is 0. The lowest BCUT2D eigenvalue weighted by atomic mass is 10.4. The first kappa shape index (κ1) is 20.5. The molecule has 0 saturated carbocycles. The van der Waals surface area contributed by atoms with Crippen LogP contribution >= 0.6 is 0 Å². The molecule has 1 fully saturated rings. The molecule has 0 aliphatic carbocycles. The van der Waals surface area contributed by atoms with Gasteiger partial charge in [0.15, 0.2) is 0 Å². The van der Waals surface area contributed by atoms with Gasteiger partial charge in [0.25, 0.3) is 0 Å². The fourth-order valence-electron chi connectivity index (χ4n) is 1.80. The molecular weight excluding hydrogens is 304 g/mol. The Morgan fingerprint density at radius 3 is 1.74 bits per heavy atom. The molecule has 1 saturated heterocycles. The smallest absolute Gasteiger partial charge is 0.104 e. The van der Waals surface area contributed by atoms with E-state index in [4.69, 9.17) is 33.2 Å². The second-order valence-electron chi connectivity index (χ2n) is 4.84. The van der Waals surface area contributed by atoms with Crippen molar-refractivity contribution in [1.82, 2.24) is 0 Å². The third-order valence-electron chi connectivity index (χ3n) is 2.91. The van der Waals surface area contributed by atoms with E-state index in [2.05, 4.69) is 6.58 Å². The van der Waals surface area contributed by atoms with Crippen molar-refractivity contribution < 1.29 is 33.2 Å². The standard InChI is InChI=1S/C16H30O7/c1-2-3-21-14-16-15-22-11-10-19-7-6-17-4-5-18-8-9-20-12-13-23-16/h2,16H,1,3-15H2. The highest BCUT2D eigenvalue weighted by atomic mass is 16.6. The highest BCUT2D eigenvalue weighted by Gasteiger charge is 2.10. The molecule has 7 nitrogen and oxygen atoms in total. The molecule has 7 heteroatoms. The average molecular weight is 334 g/mol. The first-order chi connectivity index (χ1) is 11.4. The fourth-order valence-corrected chi connectivity index (χ4v) is 1.80. The van der Waals surface area contributed by atoms with E-state index in [1.165, 1.54) is 0 Å². The zero-order chi connectivity index (χ0) is 16.4. The van der Waals surface area contributed by atoms with Crippen molar-refractivity contribution >= 4 is 0 Å². The van der Waals surface area contributed by atoms with E-state index < -0.39 is 0 Å². The summed E-state index contributed by atoms with van der Waals surface area (Å²) in [5.74, 6) is 0. The van der Waals surface area contributed by atoms with Gasteiger partial charge in [-0.1, -0.05) is 6.08 Å². The Balaban J connectivity index is 2.22. The van der Waals surface area contributed by atoms with Crippen molar-refractivity contribution in [2.45, 2.75) is 6.10 Å². The van der Waals surface area contributed by atoms with Crippen LogP contribution in [0, 0.1) is 0 Å². The van der Waals surface area contributed by atoms with Crippen molar-refractivity contribution in [2.24, 2.45) is 0 Å². The van der Waals surface area contributed by atoms with Gasteiger partial charge in [0, 0.05) is 0 Å². The van der Waals surface area contributed by atoms with Gasteiger partial charge in [-0.15, -0.1) is 6.58 Å². The molecule has 0 N–H and O–H groups in total. The average Bonchev–Trinajstić information content (AvgIpc) is 2.56. The van der Waals surface area contributed by atoms with Crippen molar-refractivity contribution in [3.05, 3.63) is 12.7 Å². The Hall–Kier alpha value is -0.540. The SMILES string of the molecule is C=CCOCC1COCCOCCOCCOCCOCCO1. The van der Waals surface area contributed by atoms with Gasteiger partial charge in [-0.3, -0.25) is 0 Å². The van der Waals surface area contributed by atoms with Gasteiger partial charge in [0.05, 0.1) is 85.9 Å². The Kier molecular flexibility index (Phi) is 14.6. The maximum absolute atomic E-state index is 5.72. The predicted octanol–water partition coefficient (Wildman–Crippen LogP) is 0.671. The van der Waals surface area contributed by atoms with Crippen LogP contribution in [0.3, 0.4) is 0 Å². The lowest BCUT2D eigenvalue weighted by Gasteiger charge is -2.18. The summed E-state index contributed by atoms with van der Waals surface area (Å²) in [5.41, 5.74) is 0. The molecular formula is C16H30O7. The van der Waals surface area contributed by atoms with Crippen molar-refractivity contribution in [1.29, 1.82) is 0 Å². The van der Waals surface area contributed by atoms with Gasteiger partial charge in [-0.2, -0.15) is 0 Å². The fraction of sp³-hybridized carbons (Fsp3) is 0.875. The Labute approximate surface area is 138 Å². The second kappa shape index (κ2) is 16.3. The van der Waals surface area contributed by atoms with E-state index in [0.717, 1.165) is 0 Å². The number of hydrogen-bond acceptors (Lipinski definition) is 7. The zero-order valence-corrected chi connectivity index (χ0v) is 13.9. The van der Waals surface area contributed by atoms with Crippen LogP contribution in [0.5, 0.6) is 0 Å². The second-order valence-corrected chi connectivity index (χ2v) is 4.84. The van der Waals surface area contributed by atoms with Crippen LogP contribution in [0.25, 0.3) is 0 Å². The zero-order valence-electron chi connectivity index (χ0n) is 13.9. The van der Waals surface area contributed by atoms with Crippen LogP contribution in [0.2, 0.25) is 0 Å². The summed E-state index contributed by atoms with van der Waals surface area (Å²) in [6, 6.07) is 0. The first-order valence-electron chi connectivity index (χ1n) is 8.12. The van der Waals surface area contributed by atoms with Gasteiger partial charge >= 0.3 is 0 Å². The molecule has 23 heavy (non-hydrogen) atoms. The highest BCUT2D eigenvalue weighted by molar-refractivity contribution is 4.65. The molecule has 0 aromatic heterocycles. The van der Waals surface area contributed by atoms with E-state index in [-0.39, 0.29) is 6.10 Å². The van der Waals surface area contributed by atoms with Crippen molar-refractivity contribution in [3.8, 4) is 0 Å². The van der Waals surface area contributed by atoms with E-state index in [0.29, 0.717) is 85.9 Å². The highest BCUT2D eigenvalue weighted by Crippen LogP contribution is 1.97. The minimum absolute atomic E-state index is 0.128. The van der Waals surface area contributed by atoms with Crippen LogP contribution < -0.4 is 0 Å².